The topological polar surface area (TPSA) is 64.2 Å². The molecule has 4 aromatic rings. The SMILES string of the molecule is CCOc1cc(-c2nc3sc4c(c3c(=O)[nH]2)CCCCC4)ccc1OCc1ccc(Br)cc1. The molecule has 0 aliphatic heterocycles. The third kappa shape index (κ3) is 4.70. The van der Waals surface area contributed by atoms with Gasteiger partial charge in [-0.1, -0.05) is 34.5 Å². The number of halogens is 1. The Kier molecular flexibility index (Phi) is 6.51. The molecule has 2 aromatic heterocycles. The third-order valence-electron chi connectivity index (χ3n) is 5.90. The predicted octanol–water partition coefficient (Wildman–Crippen LogP) is 6.66. The van der Waals surface area contributed by atoms with E-state index in [2.05, 4.69) is 20.9 Å². The zero-order chi connectivity index (χ0) is 22.8. The van der Waals surface area contributed by atoms with E-state index in [0.29, 0.717) is 30.5 Å². The summed E-state index contributed by atoms with van der Waals surface area (Å²) in [6.45, 7) is 2.89. The number of aromatic nitrogens is 2. The molecule has 5 nitrogen and oxygen atoms in total. The number of nitrogens with zero attached hydrogens (tertiary/aromatic N) is 1. The Balaban J connectivity index is 1.46. The van der Waals surface area contributed by atoms with Gasteiger partial charge in [0.25, 0.3) is 5.56 Å². The Labute approximate surface area is 204 Å². The highest BCUT2D eigenvalue weighted by Crippen LogP contribution is 2.35. The highest BCUT2D eigenvalue weighted by molar-refractivity contribution is 9.10. The molecule has 0 amide bonds. The van der Waals surface area contributed by atoms with Crippen LogP contribution in [0.3, 0.4) is 0 Å². The quantitative estimate of drug-likeness (QED) is 0.286. The fraction of sp³-hybridized carbons (Fsp3) is 0.308. The van der Waals surface area contributed by atoms with Crippen molar-refractivity contribution in [3.63, 3.8) is 0 Å². The van der Waals surface area contributed by atoms with Gasteiger partial charge in [-0.25, -0.2) is 4.98 Å². The van der Waals surface area contributed by atoms with Crippen molar-refractivity contribution in [1.29, 1.82) is 0 Å². The summed E-state index contributed by atoms with van der Waals surface area (Å²) in [6.07, 6.45) is 5.56. The van der Waals surface area contributed by atoms with Crippen molar-refractivity contribution < 1.29 is 9.47 Å². The first-order chi connectivity index (χ1) is 16.1. The first-order valence-corrected chi connectivity index (χ1v) is 12.9. The van der Waals surface area contributed by atoms with Gasteiger partial charge in [0.05, 0.1) is 12.0 Å². The summed E-state index contributed by atoms with van der Waals surface area (Å²) in [6, 6.07) is 13.7. The molecule has 2 aromatic carbocycles. The van der Waals surface area contributed by atoms with Gasteiger partial charge in [-0.3, -0.25) is 4.79 Å². The van der Waals surface area contributed by atoms with Gasteiger partial charge in [-0.15, -0.1) is 11.3 Å². The van der Waals surface area contributed by atoms with E-state index in [4.69, 9.17) is 14.5 Å². The molecule has 0 radical (unpaired) electrons. The average Bonchev–Trinajstić information content (AvgIpc) is 3.01. The minimum Gasteiger partial charge on any atom is -0.490 e. The normalized spacial score (nSPS) is 13.5. The number of hydrogen-bond donors (Lipinski definition) is 1. The molecular formula is C26H25BrN2O3S. The summed E-state index contributed by atoms with van der Waals surface area (Å²) in [5.41, 5.74) is 3.03. The van der Waals surface area contributed by atoms with Crippen molar-refractivity contribution in [3.8, 4) is 22.9 Å². The molecule has 1 aliphatic rings. The number of benzene rings is 2. The number of fused-ring (bicyclic) bond motifs is 3. The minimum absolute atomic E-state index is 0.0528. The van der Waals surface area contributed by atoms with Crippen molar-refractivity contribution in [2.24, 2.45) is 0 Å². The van der Waals surface area contributed by atoms with E-state index in [9.17, 15) is 4.79 Å². The van der Waals surface area contributed by atoms with Crippen LogP contribution in [-0.2, 0) is 19.4 Å². The molecule has 33 heavy (non-hydrogen) atoms. The highest BCUT2D eigenvalue weighted by Gasteiger charge is 2.20. The lowest BCUT2D eigenvalue weighted by Crippen LogP contribution is -2.10. The second-order valence-electron chi connectivity index (χ2n) is 8.17. The third-order valence-corrected chi connectivity index (χ3v) is 7.61. The van der Waals surface area contributed by atoms with Gasteiger partial charge in [0.1, 0.15) is 17.3 Å². The van der Waals surface area contributed by atoms with Gasteiger partial charge in [-0.2, -0.15) is 0 Å². The lowest BCUT2D eigenvalue weighted by atomic mass is 10.1. The van der Waals surface area contributed by atoms with E-state index < -0.39 is 0 Å². The highest BCUT2D eigenvalue weighted by atomic mass is 79.9. The van der Waals surface area contributed by atoms with Gasteiger partial charge >= 0.3 is 0 Å². The van der Waals surface area contributed by atoms with E-state index in [0.717, 1.165) is 45.1 Å². The molecule has 1 aliphatic carbocycles. The van der Waals surface area contributed by atoms with Crippen molar-refractivity contribution >= 4 is 37.5 Å². The Morgan fingerprint density at radius 1 is 1.03 bits per heavy atom. The predicted molar refractivity (Wildman–Crippen MR) is 137 cm³/mol. The number of thiophene rings is 1. The number of nitrogens with one attached hydrogen (secondary N) is 1. The van der Waals surface area contributed by atoms with Gasteiger partial charge in [0, 0.05) is 14.9 Å². The smallest absolute Gasteiger partial charge is 0.260 e. The maximum atomic E-state index is 13.0. The molecule has 0 spiro atoms. The summed E-state index contributed by atoms with van der Waals surface area (Å²) in [5.74, 6) is 1.86. The summed E-state index contributed by atoms with van der Waals surface area (Å²) in [7, 11) is 0. The van der Waals surface area contributed by atoms with Crippen LogP contribution in [0.4, 0.5) is 0 Å². The molecule has 0 unspecified atom stereocenters. The average molecular weight is 525 g/mol. The van der Waals surface area contributed by atoms with Crippen molar-refractivity contribution in [2.45, 2.75) is 45.6 Å². The van der Waals surface area contributed by atoms with Crippen LogP contribution in [0.2, 0.25) is 0 Å². The van der Waals surface area contributed by atoms with Crippen LogP contribution in [0, 0.1) is 0 Å². The molecule has 0 atom stereocenters. The maximum absolute atomic E-state index is 13.0. The monoisotopic (exact) mass is 524 g/mol. The zero-order valence-corrected chi connectivity index (χ0v) is 20.9. The number of ether oxygens (including phenoxy) is 2. The van der Waals surface area contributed by atoms with Gasteiger partial charge in [-0.05, 0) is 74.1 Å². The Bertz CT molecular complexity index is 1340. The van der Waals surface area contributed by atoms with Crippen LogP contribution in [0.1, 0.15) is 42.2 Å². The lowest BCUT2D eigenvalue weighted by Gasteiger charge is -2.13. The Morgan fingerprint density at radius 2 is 1.85 bits per heavy atom. The van der Waals surface area contributed by atoms with Crippen molar-refractivity contribution in [2.75, 3.05) is 6.61 Å². The molecule has 5 rings (SSSR count). The van der Waals surface area contributed by atoms with E-state index in [1.165, 1.54) is 23.3 Å². The van der Waals surface area contributed by atoms with Crippen LogP contribution in [0.15, 0.2) is 51.7 Å². The summed E-state index contributed by atoms with van der Waals surface area (Å²) in [5, 5.41) is 0.778. The molecular weight excluding hydrogens is 500 g/mol. The van der Waals surface area contributed by atoms with E-state index >= 15 is 0 Å². The second-order valence-corrected chi connectivity index (χ2v) is 10.2. The van der Waals surface area contributed by atoms with Gasteiger partial charge in [0.15, 0.2) is 11.5 Å². The molecule has 0 saturated heterocycles. The summed E-state index contributed by atoms with van der Waals surface area (Å²) in [4.78, 5) is 23.0. The van der Waals surface area contributed by atoms with Crippen LogP contribution >= 0.6 is 27.3 Å². The van der Waals surface area contributed by atoms with Gasteiger partial charge < -0.3 is 14.5 Å². The Hall–Kier alpha value is -2.64. The Morgan fingerprint density at radius 3 is 2.67 bits per heavy atom. The minimum atomic E-state index is -0.0528. The molecule has 0 bridgehead atoms. The number of hydrogen-bond acceptors (Lipinski definition) is 5. The standard InChI is InChI=1S/C26H25BrN2O3S/c1-2-31-21-14-17(10-13-20(21)32-15-16-8-11-18(27)12-9-16)24-28-25(30)23-19-6-4-3-5-7-22(19)33-26(23)29-24/h8-14H,2-7,15H2,1H3,(H,28,29,30). The van der Waals surface area contributed by atoms with Crippen LogP contribution in [-0.4, -0.2) is 16.6 Å². The number of rotatable bonds is 6. The molecule has 0 fully saturated rings. The lowest BCUT2D eigenvalue weighted by molar-refractivity contribution is 0.269. The van der Waals surface area contributed by atoms with Crippen molar-refractivity contribution in [3.05, 3.63) is 73.3 Å². The van der Waals surface area contributed by atoms with Crippen LogP contribution in [0.5, 0.6) is 11.5 Å². The number of aromatic amines is 1. The second kappa shape index (κ2) is 9.69. The molecule has 2 heterocycles. The first kappa shape index (κ1) is 22.2. The molecule has 7 heteroatoms. The molecule has 1 N–H and O–H groups in total. The maximum Gasteiger partial charge on any atom is 0.260 e. The van der Waals surface area contributed by atoms with Crippen LogP contribution < -0.4 is 15.0 Å². The molecule has 170 valence electrons. The zero-order valence-electron chi connectivity index (χ0n) is 18.4. The summed E-state index contributed by atoms with van der Waals surface area (Å²) < 4.78 is 12.9. The van der Waals surface area contributed by atoms with Crippen molar-refractivity contribution in [1.82, 2.24) is 9.97 Å². The largest absolute Gasteiger partial charge is 0.490 e. The summed E-state index contributed by atoms with van der Waals surface area (Å²) >= 11 is 5.12. The van der Waals surface area contributed by atoms with Crippen LogP contribution in [0.25, 0.3) is 21.6 Å². The van der Waals surface area contributed by atoms with E-state index in [1.807, 2.05) is 49.4 Å². The van der Waals surface area contributed by atoms with Gasteiger partial charge in [0.2, 0.25) is 0 Å². The fourth-order valence-corrected chi connectivity index (χ4v) is 5.79. The number of aryl methyl sites for hydroxylation is 2. The van der Waals surface area contributed by atoms with E-state index in [1.54, 1.807) is 11.3 Å². The van der Waals surface area contributed by atoms with E-state index in [-0.39, 0.29) is 5.56 Å². The number of H-pyrrole nitrogens is 1. The fourth-order valence-electron chi connectivity index (χ4n) is 4.26. The first-order valence-electron chi connectivity index (χ1n) is 11.3. The molecule has 0 saturated carbocycles.